The highest BCUT2D eigenvalue weighted by atomic mass is 15.1. The lowest BCUT2D eigenvalue weighted by atomic mass is 9.88. The largest absolute Gasteiger partial charge is 0.360 e. The van der Waals surface area contributed by atoms with Gasteiger partial charge >= 0.3 is 0 Å². The first-order chi connectivity index (χ1) is 18.8. The van der Waals surface area contributed by atoms with Gasteiger partial charge in [0.2, 0.25) is 0 Å². The zero-order chi connectivity index (χ0) is 25.3. The van der Waals surface area contributed by atoms with Gasteiger partial charge in [-0.15, -0.1) is 0 Å². The van der Waals surface area contributed by atoms with E-state index in [2.05, 4.69) is 95.3 Å². The van der Waals surface area contributed by atoms with Crippen molar-refractivity contribution >= 4 is 28.0 Å². The van der Waals surface area contributed by atoms with E-state index in [1.54, 1.807) is 0 Å². The molecule has 7 rings (SSSR count). The van der Waals surface area contributed by atoms with Crippen LogP contribution in [0, 0.1) is 0 Å². The second-order valence-electron chi connectivity index (χ2n) is 9.99. The minimum atomic E-state index is -0.113. The Morgan fingerprint density at radius 2 is 1.50 bits per heavy atom. The summed E-state index contributed by atoms with van der Waals surface area (Å²) in [6.45, 7) is 0. The van der Waals surface area contributed by atoms with Gasteiger partial charge in [0.1, 0.15) is 6.17 Å². The molecule has 0 saturated carbocycles. The summed E-state index contributed by atoms with van der Waals surface area (Å²) in [7, 11) is 0. The normalized spacial score (nSPS) is 18.8. The van der Waals surface area contributed by atoms with Crippen LogP contribution in [-0.2, 0) is 6.42 Å². The summed E-state index contributed by atoms with van der Waals surface area (Å²) in [6.07, 6.45) is 12.4. The Morgan fingerprint density at radius 3 is 2.32 bits per heavy atom. The van der Waals surface area contributed by atoms with Gasteiger partial charge in [0.05, 0.1) is 16.9 Å². The third-order valence-electron chi connectivity index (χ3n) is 7.60. The Kier molecular flexibility index (Phi) is 5.78. The third-order valence-corrected chi connectivity index (χ3v) is 7.60. The molecule has 1 unspecified atom stereocenters. The Labute approximate surface area is 222 Å². The van der Waals surface area contributed by atoms with Gasteiger partial charge in [-0.25, -0.2) is 0 Å². The number of hydrogen-bond donors (Lipinski definition) is 1. The van der Waals surface area contributed by atoms with Gasteiger partial charge in [-0.05, 0) is 65.7 Å². The fourth-order valence-corrected chi connectivity index (χ4v) is 5.56. The fraction of sp³-hybridized carbons (Fsp3) is 0.147. The lowest BCUT2D eigenvalue weighted by Gasteiger charge is -2.27. The molecule has 3 heterocycles. The Balaban J connectivity index is 1.22. The van der Waals surface area contributed by atoms with Crippen molar-refractivity contribution in [3.05, 3.63) is 143 Å². The molecule has 0 fully saturated rings. The molecule has 0 amide bonds. The van der Waals surface area contributed by atoms with Gasteiger partial charge in [0, 0.05) is 23.0 Å². The summed E-state index contributed by atoms with van der Waals surface area (Å²) >= 11 is 0. The smallest absolute Gasteiger partial charge is 0.145 e. The summed E-state index contributed by atoms with van der Waals surface area (Å²) in [5.74, 6) is 0. The number of hydrogen-bond acceptors (Lipinski definition) is 4. The molecule has 0 radical (unpaired) electrons. The van der Waals surface area contributed by atoms with Gasteiger partial charge in [0.15, 0.2) is 0 Å². The second-order valence-corrected chi connectivity index (χ2v) is 9.99. The first kappa shape index (κ1) is 22.6. The Bertz CT molecular complexity index is 1670. The molecule has 1 aliphatic carbocycles. The van der Waals surface area contributed by atoms with Gasteiger partial charge in [0.25, 0.3) is 0 Å². The van der Waals surface area contributed by atoms with Crippen molar-refractivity contribution in [2.45, 2.75) is 31.8 Å². The summed E-state index contributed by atoms with van der Waals surface area (Å²) in [4.78, 5) is 14.9. The van der Waals surface area contributed by atoms with Gasteiger partial charge in [-0.3, -0.25) is 15.0 Å². The number of rotatable bonds is 4. The van der Waals surface area contributed by atoms with E-state index in [0.717, 1.165) is 64.8 Å². The predicted octanol–water partition coefficient (Wildman–Crippen LogP) is 7.58. The van der Waals surface area contributed by atoms with E-state index in [0.29, 0.717) is 0 Å². The molecule has 4 heteroatoms. The number of benzene rings is 3. The van der Waals surface area contributed by atoms with Crippen LogP contribution in [0.5, 0.6) is 0 Å². The van der Waals surface area contributed by atoms with Crippen molar-refractivity contribution < 1.29 is 0 Å². The maximum absolute atomic E-state index is 5.15. The van der Waals surface area contributed by atoms with E-state index in [1.165, 1.54) is 22.4 Å². The number of nitrogens with zero attached hydrogens (tertiary/aromatic N) is 3. The first-order valence-electron chi connectivity index (χ1n) is 13.3. The van der Waals surface area contributed by atoms with Crippen LogP contribution in [-0.4, -0.2) is 16.4 Å². The summed E-state index contributed by atoms with van der Waals surface area (Å²) in [5, 5.41) is 4.85. The molecule has 184 valence electrons. The summed E-state index contributed by atoms with van der Waals surface area (Å²) in [5.41, 5.74) is 11.6. The van der Waals surface area contributed by atoms with E-state index in [4.69, 9.17) is 9.98 Å². The van der Waals surface area contributed by atoms with Crippen molar-refractivity contribution in [1.29, 1.82) is 0 Å². The third kappa shape index (κ3) is 4.28. The van der Waals surface area contributed by atoms with Crippen molar-refractivity contribution in [2.24, 2.45) is 9.98 Å². The van der Waals surface area contributed by atoms with E-state index in [-0.39, 0.29) is 6.17 Å². The quantitative estimate of drug-likeness (QED) is 0.319. The van der Waals surface area contributed by atoms with Crippen molar-refractivity contribution in [3.63, 3.8) is 0 Å². The van der Waals surface area contributed by atoms with Gasteiger partial charge in [-0.1, -0.05) is 91.0 Å². The molecule has 4 nitrogen and oxygen atoms in total. The second kappa shape index (κ2) is 9.71. The SMILES string of the molecule is C1=C(C2=CC(c3ccccc3)=NC(c3ccccc3)N2)CCC(C2=Nc3c(ccc4cccnc34)CC2)=C1. The molecule has 1 atom stereocenters. The number of aliphatic imine (C=N–C) groups is 2. The van der Waals surface area contributed by atoms with Crippen LogP contribution in [0.2, 0.25) is 0 Å². The highest BCUT2D eigenvalue weighted by Crippen LogP contribution is 2.36. The average molecular weight is 493 g/mol. The Morgan fingerprint density at radius 1 is 0.711 bits per heavy atom. The lowest BCUT2D eigenvalue weighted by molar-refractivity contribution is 0.619. The zero-order valence-corrected chi connectivity index (χ0v) is 21.1. The molecule has 3 aliphatic rings. The summed E-state index contributed by atoms with van der Waals surface area (Å²) < 4.78 is 0. The minimum Gasteiger partial charge on any atom is -0.360 e. The fourth-order valence-electron chi connectivity index (χ4n) is 5.56. The lowest BCUT2D eigenvalue weighted by Crippen LogP contribution is -2.27. The molecule has 38 heavy (non-hydrogen) atoms. The number of aromatic nitrogens is 1. The van der Waals surface area contributed by atoms with Crippen molar-refractivity contribution in [1.82, 2.24) is 10.3 Å². The maximum Gasteiger partial charge on any atom is 0.145 e. The predicted molar refractivity (Wildman–Crippen MR) is 156 cm³/mol. The molecule has 1 aromatic heterocycles. The van der Waals surface area contributed by atoms with Crippen LogP contribution in [0.3, 0.4) is 0 Å². The molecule has 1 N–H and O–H groups in total. The highest BCUT2D eigenvalue weighted by Gasteiger charge is 2.23. The first-order valence-corrected chi connectivity index (χ1v) is 13.3. The molecule has 0 spiro atoms. The van der Waals surface area contributed by atoms with Crippen LogP contribution >= 0.6 is 0 Å². The number of nitrogens with one attached hydrogen (secondary N) is 1. The number of pyridine rings is 1. The highest BCUT2D eigenvalue weighted by molar-refractivity contribution is 6.10. The number of fused-ring (bicyclic) bond motifs is 3. The van der Waals surface area contributed by atoms with Crippen LogP contribution in [0.4, 0.5) is 5.69 Å². The van der Waals surface area contributed by atoms with Crippen molar-refractivity contribution in [2.75, 3.05) is 0 Å². The monoisotopic (exact) mass is 492 g/mol. The molecular weight excluding hydrogens is 464 g/mol. The van der Waals surface area contributed by atoms with Gasteiger partial charge < -0.3 is 5.32 Å². The van der Waals surface area contributed by atoms with E-state index in [1.807, 2.05) is 24.4 Å². The molecule has 3 aromatic carbocycles. The van der Waals surface area contributed by atoms with Gasteiger partial charge in [-0.2, -0.15) is 0 Å². The van der Waals surface area contributed by atoms with Crippen LogP contribution in [0.1, 0.15) is 42.1 Å². The summed E-state index contributed by atoms with van der Waals surface area (Å²) in [6, 6.07) is 29.4. The van der Waals surface area contributed by atoms with E-state index >= 15 is 0 Å². The van der Waals surface area contributed by atoms with Crippen LogP contribution in [0.25, 0.3) is 10.9 Å². The zero-order valence-electron chi connectivity index (χ0n) is 21.1. The average Bonchev–Trinajstić information content (AvgIpc) is 3.01. The number of allylic oxidation sites excluding steroid dienone is 5. The topological polar surface area (TPSA) is 49.6 Å². The van der Waals surface area contributed by atoms with Crippen molar-refractivity contribution in [3.8, 4) is 0 Å². The standard InChI is InChI=1S/C34H28N4/c1-3-8-23(9-4-1)30-22-31(38-34(37-30)28-10-5-2-6-11-28)25-15-13-24(14-16-25)29-20-19-27-18-17-26-12-7-21-35-32(26)33(27)36-29/h1-13,15,17-18,21-22,34,38H,14,16,19-20H2. The molecule has 2 aliphatic heterocycles. The van der Waals surface area contributed by atoms with E-state index in [9.17, 15) is 0 Å². The maximum atomic E-state index is 5.15. The number of aryl methyl sites for hydroxylation is 1. The minimum absolute atomic E-state index is 0.113. The van der Waals surface area contributed by atoms with E-state index < -0.39 is 0 Å². The molecular formula is C34H28N4. The van der Waals surface area contributed by atoms with Crippen LogP contribution < -0.4 is 5.32 Å². The Hall–Kier alpha value is -4.57. The van der Waals surface area contributed by atoms with Crippen LogP contribution in [0.15, 0.2) is 136 Å². The molecule has 0 bridgehead atoms. The molecule has 4 aromatic rings. The molecule has 0 saturated heterocycles.